The van der Waals surface area contributed by atoms with Gasteiger partial charge >= 0.3 is 5.97 Å². The molecule has 0 spiro atoms. The minimum atomic E-state index is -2.70. The third kappa shape index (κ3) is 3.10. The standard InChI is InChI=1S/C10H13F2N3O2/c1-17-9(16)3-7-6(14)2-5(10(11)12)8(4-13)15-7/h2,10H,3-4,13-14H2,1H3. The van der Waals surface area contributed by atoms with Crippen LogP contribution >= 0.6 is 0 Å². The van der Waals surface area contributed by atoms with Crippen LogP contribution in [0.5, 0.6) is 0 Å². The van der Waals surface area contributed by atoms with Crippen LogP contribution in [0.15, 0.2) is 6.07 Å². The van der Waals surface area contributed by atoms with Crippen molar-refractivity contribution in [1.82, 2.24) is 4.98 Å². The first-order valence-corrected chi connectivity index (χ1v) is 4.82. The molecule has 7 heteroatoms. The summed E-state index contributed by atoms with van der Waals surface area (Å²) in [5.41, 5.74) is 10.8. The molecule has 1 heterocycles. The first-order valence-electron chi connectivity index (χ1n) is 4.82. The van der Waals surface area contributed by atoms with Crippen molar-refractivity contribution in [2.45, 2.75) is 19.4 Å². The molecule has 0 amide bonds. The highest BCUT2D eigenvalue weighted by molar-refractivity contribution is 5.74. The van der Waals surface area contributed by atoms with Crippen LogP contribution in [-0.4, -0.2) is 18.1 Å². The Bertz CT molecular complexity index is 424. The van der Waals surface area contributed by atoms with Crippen molar-refractivity contribution in [1.29, 1.82) is 0 Å². The molecule has 1 aromatic heterocycles. The van der Waals surface area contributed by atoms with Gasteiger partial charge in [-0.25, -0.2) is 8.78 Å². The molecule has 0 saturated carbocycles. The van der Waals surface area contributed by atoms with E-state index in [4.69, 9.17) is 11.5 Å². The van der Waals surface area contributed by atoms with Crippen LogP contribution in [-0.2, 0) is 22.5 Å². The largest absolute Gasteiger partial charge is 0.469 e. The number of pyridine rings is 1. The molecule has 0 aliphatic heterocycles. The number of hydrogen-bond acceptors (Lipinski definition) is 5. The van der Waals surface area contributed by atoms with E-state index >= 15 is 0 Å². The highest BCUT2D eigenvalue weighted by Gasteiger charge is 2.17. The molecular formula is C10H13F2N3O2. The van der Waals surface area contributed by atoms with Crippen molar-refractivity contribution in [2.75, 3.05) is 12.8 Å². The summed E-state index contributed by atoms with van der Waals surface area (Å²) >= 11 is 0. The fraction of sp³-hybridized carbons (Fsp3) is 0.400. The molecule has 94 valence electrons. The predicted molar refractivity (Wildman–Crippen MR) is 57.2 cm³/mol. The second-order valence-electron chi connectivity index (χ2n) is 3.32. The van der Waals surface area contributed by atoms with Crippen molar-refractivity contribution in [2.24, 2.45) is 5.73 Å². The van der Waals surface area contributed by atoms with Crippen LogP contribution in [0, 0.1) is 0 Å². The van der Waals surface area contributed by atoms with Gasteiger partial charge in [-0.05, 0) is 6.07 Å². The molecule has 0 aromatic carbocycles. The Morgan fingerprint density at radius 1 is 1.53 bits per heavy atom. The topological polar surface area (TPSA) is 91.2 Å². The van der Waals surface area contributed by atoms with E-state index in [9.17, 15) is 13.6 Å². The molecule has 1 aromatic rings. The number of nitrogens with two attached hydrogens (primary N) is 2. The highest BCUT2D eigenvalue weighted by Crippen LogP contribution is 2.25. The molecule has 0 unspecified atom stereocenters. The molecule has 0 aliphatic carbocycles. The molecule has 0 atom stereocenters. The van der Waals surface area contributed by atoms with E-state index in [1.54, 1.807) is 0 Å². The summed E-state index contributed by atoms with van der Waals surface area (Å²) < 4.78 is 29.7. The van der Waals surface area contributed by atoms with Crippen molar-refractivity contribution >= 4 is 11.7 Å². The third-order valence-corrected chi connectivity index (χ3v) is 2.22. The minimum Gasteiger partial charge on any atom is -0.469 e. The number of hydrogen-bond donors (Lipinski definition) is 2. The van der Waals surface area contributed by atoms with Gasteiger partial charge in [0.1, 0.15) is 0 Å². The number of methoxy groups -OCH3 is 1. The number of aromatic nitrogens is 1. The Morgan fingerprint density at radius 2 is 2.18 bits per heavy atom. The molecule has 1 rings (SSSR count). The summed E-state index contributed by atoms with van der Waals surface area (Å²) in [6.45, 7) is -0.145. The van der Waals surface area contributed by atoms with E-state index in [0.717, 1.165) is 6.07 Å². The van der Waals surface area contributed by atoms with E-state index < -0.39 is 12.4 Å². The number of esters is 1. The summed E-state index contributed by atoms with van der Waals surface area (Å²) in [5, 5.41) is 0. The van der Waals surface area contributed by atoms with Gasteiger partial charge in [0.05, 0.1) is 30.6 Å². The van der Waals surface area contributed by atoms with Gasteiger partial charge in [0.25, 0.3) is 6.43 Å². The number of anilines is 1. The fourth-order valence-corrected chi connectivity index (χ4v) is 1.33. The van der Waals surface area contributed by atoms with Crippen LogP contribution in [0.1, 0.15) is 23.4 Å². The van der Waals surface area contributed by atoms with E-state index in [1.807, 2.05) is 0 Å². The Labute approximate surface area is 96.8 Å². The van der Waals surface area contributed by atoms with E-state index in [0.29, 0.717) is 0 Å². The van der Waals surface area contributed by atoms with Crippen LogP contribution in [0.4, 0.5) is 14.5 Å². The SMILES string of the molecule is COC(=O)Cc1nc(CN)c(C(F)F)cc1N. The summed E-state index contributed by atoms with van der Waals surface area (Å²) in [7, 11) is 1.22. The summed E-state index contributed by atoms with van der Waals surface area (Å²) in [6, 6.07) is 1.10. The number of nitrogens with zero attached hydrogens (tertiary/aromatic N) is 1. The van der Waals surface area contributed by atoms with Crippen molar-refractivity contribution in [3.63, 3.8) is 0 Å². The number of halogens is 2. The molecular weight excluding hydrogens is 232 g/mol. The first kappa shape index (κ1) is 13.3. The van der Waals surface area contributed by atoms with Crippen LogP contribution in [0.3, 0.4) is 0 Å². The van der Waals surface area contributed by atoms with Gasteiger partial charge in [0.15, 0.2) is 0 Å². The number of carbonyl (C=O) groups is 1. The zero-order valence-electron chi connectivity index (χ0n) is 9.24. The maximum Gasteiger partial charge on any atom is 0.311 e. The van der Waals surface area contributed by atoms with Crippen LogP contribution < -0.4 is 11.5 Å². The van der Waals surface area contributed by atoms with Gasteiger partial charge < -0.3 is 16.2 Å². The van der Waals surface area contributed by atoms with Gasteiger partial charge in [0, 0.05) is 12.1 Å². The second kappa shape index (κ2) is 5.53. The normalized spacial score (nSPS) is 10.6. The van der Waals surface area contributed by atoms with Gasteiger partial charge in [-0.1, -0.05) is 0 Å². The number of alkyl halides is 2. The van der Waals surface area contributed by atoms with Crippen LogP contribution in [0.2, 0.25) is 0 Å². The molecule has 0 fully saturated rings. The maximum atomic E-state index is 12.6. The summed E-state index contributed by atoms with van der Waals surface area (Å²) in [4.78, 5) is 14.9. The fourth-order valence-electron chi connectivity index (χ4n) is 1.33. The smallest absolute Gasteiger partial charge is 0.311 e. The van der Waals surface area contributed by atoms with E-state index in [1.165, 1.54) is 7.11 Å². The average molecular weight is 245 g/mol. The Hall–Kier alpha value is -1.76. The highest BCUT2D eigenvalue weighted by atomic mass is 19.3. The first-order chi connectivity index (χ1) is 7.99. The molecule has 0 aliphatic rings. The lowest BCUT2D eigenvalue weighted by Gasteiger charge is -2.11. The lowest BCUT2D eigenvalue weighted by atomic mass is 10.1. The second-order valence-corrected chi connectivity index (χ2v) is 3.32. The van der Waals surface area contributed by atoms with Gasteiger partial charge in [-0.2, -0.15) is 0 Å². The van der Waals surface area contributed by atoms with E-state index in [-0.39, 0.29) is 35.6 Å². The molecule has 0 saturated heterocycles. The quantitative estimate of drug-likeness (QED) is 0.765. The maximum absolute atomic E-state index is 12.6. The third-order valence-electron chi connectivity index (χ3n) is 2.22. The zero-order valence-corrected chi connectivity index (χ0v) is 9.24. The molecule has 0 radical (unpaired) electrons. The number of carbonyl (C=O) groups excluding carboxylic acids is 1. The lowest BCUT2D eigenvalue weighted by molar-refractivity contribution is -0.139. The summed E-state index contributed by atoms with van der Waals surface area (Å²) in [6.07, 6.45) is -2.87. The number of nitrogen functional groups attached to an aromatic ring is 1. The number of ether oxygens (including phenoxy) is 1. The van der Waals surface area contributed by atoms with Gasteiger partial charge in [-0.3, -0.25) is 9.78 Å². The van der Waals surface area contributed by atoms with Crippen molar-refractivity contribution in [3.8, 4) is 0 Å². The van der Waals surface area contributed by atoms with E-state index in [2.05, 4.69) is 9.72 Å². The zero-order chi connectivity index (χ0) is 13.0. The lowest BCUT2D eigenvalue weighted by Crippen LogP contribution is -2.13. The van der Waals surface area contributed by atoms with Gasteiger partial charge in [-0.15, -0.1) is 0 Å². The average Bonchev–Trinajstić information content (AvgIpc) is 2.30. The molecule has 4 N–H and O–H groups in total. The monoisotopic (exact) mass is 245 g/mol. The predicted octanol–water partition coefficient (Wildman–Crippen LogP) is 0.776. The Balaban J connectivity index is 3.13. The number of rotatable bonds is 4. The Morgan fingerprint density at radius 3 is 2.65 bits per heavy atom. The summed E-state index contributed by atoms with van der Waals surface area (Å²) in [5.74, 6) is -0.544. The molecule has 5 nitrogen and oxygen atoms in total. The van der Waals surface area contributed by atoms with Gasteiger partial charge in [0.2, 0.25) is 0 Å². The minimum absolute atomic E-state index is 0.0305. The van der Waals surface area contributed by atoms with Crippen LogP contribution in [0.25, 0.3) is 0 Å². The molecule has 17 heavy (non-hydrogen) atoms. The molecule has 0 bridgehead atoms. The van der Waals surface area contributed by atoms with Crippen molar-refractivity contribution in [3.05, 3.63) is 23.0 Å². The van der Waals surface area contributed by atoms with Crippen molar-refractivity contribution < 1.29 is 18.3 Å². The Kier molecular flexibility index (Phi) is 4.33.